The van der Waals surface area contributed by atoms with E-state index in [1.165, 1.54) is 5.56 Å². The number of nitrogens with two attached hydrogens (primary N) is 1. The van der Waals surface area contributed by atoms with Crippen molar-refractivity contribution in [3.05, 3.63) is 46.8 Å². The Morgan fingerprint density at radius 1 is 1.33 bits per heavy atom. The van der Waals surface area contributed by atoms with Crippen molar-refractivity contribution in [3.63, 3.8) is 0 Å². The van der Waals surface area contributed by atoms with Crippen LogP contribution in [-0.2, 0) is 6.61 Å². The number of nitrogens with zero attached hydrogens (tertiary/aromatic N) is 1. The van der Waals surface area contributed by atoms with Gasteiger partial charge in [-0.2, -0.15) is 0 Å². The third-order valence-corrected chi connectivity index (χ3v) is 2.71. The van der Waals surface area contributed by atoms with Gasteiger partial charge in [-0.15, -0.1) is 0 Å². The molecule has 1 atom stereocenters. The number of aryl methyl sites for hydroxylation is 2. The summed E-state index contributed by atoms with van der Waals surface area (Å²) in [6.07, 6.45) is 0. The Morgan fingerprint density at radius 2 is 2.11 bits per heavy atom. The standard InChI is InChI=1S/C14H18N2O2/c1-9-4-5-14(13(6-9)11(3)15)17-8-12-7-10(2)18-16-12/h4-7,11H,8,15H2,1-3H3. The molecule has 0 radical (unpaired) electrons. The highest BCUT2D eigenvalue weighted by Crippen LogP contribution is 2.25. The summed E-state index contributed by atoms with van der Waals surface area (Å²) in [5, 5.41) is 3.89. The zero-order valence-electron chi connectivity index (χ0n) is 10.9. The van der Waals surface area contributed by atoms with E-state index in [-0.39, 0.29) is 6.04 Å². The molecule has 0 aliphatic rings. The first kappa shape index (κ1) is 12.6. The van der Waals surface area contributed by atoms with Crippen LogP contribution in [0.25, 0.3) is 0 Å². The van der Waals surface area contributed by atoms with Crippen molar-refractivity contribution in [2.45, 2.75) is 33.4 Å². The molecule has 0 amide bonds. The molecule has 0 aliphatic heterocycles. The van der Waals surface area contributed by atoms with Gasteiger partial charge in [-0.3, -0.25) is 0 Å². The smallest absolute Gasteiger partial charge is 0.134 e. The number of hydrogen-bond acceptors (Lipinski definition) is 4. The highest BCUT2D eigenvalue weighted by Gasteiger charge is 2.09. The summed E-state index contributed by atoms with van der Waals surface area (Å²) in [5.41, 5.74) is 8.91. The van der Waals surface area contributed by atoms with E-state index in [9.17, 15) is 0 Å². The van der Waals surface area contributed by atoms with Gasteiger partial charge in [0.2, 0.25) is 0 Å². The minimum Gasteiger partial charge on any atom is -0.487 e. The molecule has 2 aromatic rings. The third kappa shape index (κ3) is 2.90. The SMILES string of the molecule is Cc1ccc(OCc2cc(C)on2)c(C(C)N)c1. The Morgan fingerprint density at radius 3 is 2.72 bits per heavy atom. The van der Waals surface area contributed by atoms with E-state index in [0.717, 1.165) is 22.8 Å². The summed E-state index contributed by atoms with van der Waals surface area (Å²) in [6, 6.07) is 7.81. The van der Waals surface area contributed by atoms with Gasteiger partial charge in [0.1, 0.15) is 23.8 Å². The lowest BCUT2D eigenvalue weighted by Crippen LogP contribution is -2.08. The maximum absolute atomic E-state index is 5.94. The first-order valence-corrected chi connectivity index (χ1v) is 5.97. The van der Waals surface area contributed by atoms with Crippen molar-refractivity contribution in [2.75, 3.05) is 0 Å². The van der Waals surface area contributed by atoms with Crippen molar-refractivity contribution in [1.29, 1.82) is 0 Å². The number of hydrogen-bond donors (Lipinski definition) is 1. The number of ether oxygens (including phenoxy) is 1. The van der Waals surface area contributed by atoms with Crippen LogP contribution in [0.2, 0.25) is 0 Å². The molecule has 4 heteroatoms. The first-order chi connectivity index (χ1) is 8.56. The Bertz CT molecular complexity index is 532. The molecule has 1 aromatic carbocycles. The molecule has 0 aliphatic carbocycles. The van der Waals surface area contributed by atoms with Crippen LogP contribution in [0.15, 0.2) is 28.8 Å². The lowest BCUT2D eigenvalue weighted by atomic mass is 10.1. The highest BCUT2D eigenvalue weighted by molar-refractivity contribution is 5.38. The molecule has 2 N–H and O–H groups in total. The van der Waals surface area contributed by atoms with Crippen molar-refractivity contribution in [2.24, 2.45) is 5.73 Å². The summed E-state index contributed by atoms with van der Waals surface area (Å²) in [4.78, 5) is 0. The quantitative estimate of drug-likeness (QED) is 0.901. The minimum atomic E-state index is -0.0565. The van der Waals surface area contributed by atoms with Crippen LogP contribution in [0.1, 0.15) is 35.5 Å². The second-order valence-corrected chi connectivity index (χ2v) is 4.55. The Balaban J connectivity index is 2.13. The predicted molar refractivity (Wildman–Crippen MR) is 69.4 cm³/mol. The summed E-state index contributed by atoms with van der Waals surface area (Å²) >= 11 is 0. The van der Waals surface area contributed by atoms with E-state index >= 15 is 0 Å². The van der Waals surface area contributed by atoms with Crippen molar-refractivity contribution in [1.82, 2.24) is 5.16 Å². The van der Waals surface area contributed by atoms with E-state index in [1.807, 2.05) is 45.0 Å². The zero-order chi connectivity index (χ0) is 13.1. The normalized spacial score (nSPS) is 12.4. The maximum Gasteiger partial charge on any atom is 0.134 e. The fourth-order valence-electron chi connectivity index (χ4n) is 1.79. The van der Waals surface area contributed by atoms with Crippen LogP contribution in [-0.4, -0.2) is 5.16 Å². The molecule has 1 aromatic heterocycles. The lowest BCUT2D eigenvalue weighted by molar-refractivity contribution is 0.284. The van der Waals surface area contributed by atoms with Gasteiger partial charge in [0.05, 0.1) is 0 Å². The van der Waals surface area contributed by atoms with E-state index in [1.54, 1.807) is 0 Å². The van der Waals surface area contributed by atoms with Crippen LogP contribution >= 0.6 is 0 Å². The highest BCUT2D eigenvalue weighted by atomic mass is 16.5. The second kappa shape index (κ2) is 5.23. The molecule has 18 heavy (non-hydrogen) atoms. The number of aromatic nitrogens is 1. The van der Waals surface area contributed by atoms with Crippen LogP contribution < -0.4 is 10.5 Å². The minimum absolute atomic E-state index is 0.0565. The summed E-state index contributed by atoms with van der Waals surface area (Å²) in [5.74, 6) is 1.58. The Labute approximate surface area is 107 Å². The van der Waals surface area contributed by atoms with Crippen LogP contribution in [0.4, 0.5) is 0 Å². The van der Waals surface area contributed by atoms with E-state index in [0.29, 0.717) is 6.61 Å². The molecule has 0 saturated carbocycles. The molecule has 0 spiro atoms. The van der Waals surface area contributed by atoms with Gasteiger partial charge in [-0.05, 0) is 26.8 Å². The first-order valence-electron chi connectivity index (χ1n) is 5.97. The molecule has 0 bridgehead atoms. The second-order valence-electron chi connectivity index (χ2n) is 4.55. The van der Waals surface area contributed by atoms with Crippen molar-refractivity contribution in [3.8, 4) is 5.75 Å². The predicted octanol–water partition coefficient (Wildman–Crippen LogP) is 2.89. The molecular formula is C14H18N2O2. The van der Waals surface area contributed by atoms with Crippen molar-refractivity contribution < 1.29 is 9.26 Å². The number of benzene rings is 1. The van der Waals surface area contributed by atoms with Crippen LogP contribution in [0.3, 0.4) is 0 Å². The fraction of sp³-hybridized carbons (Fsp3) is 0.357. The topological polar surface area (TPSA) is 61.3 Å². The van der Waals surface area contributed by atoms with Gasteiger partial charge in [-0.25, -0.2) is 0 Å². The molecular weight excluding hydrogens is 228 g/mol. The van der Waals surface area contributed by atoms with Crippen LogP contribution in [0, 0.1) is 13.8 Å². The molecule has 96 valence electrons. The average Bonchev–Trinajstić information content (AvgIpc) is 2.73. The Hall–Kier alpha value is -1.81. The monoisotopic (exact) mass is 246 g/mol. The third-order valence-electron chi connectivity index (χ3n) is 2.71. The summed E-state index contributed by atoms with van der Waals surface area (Å²) in [7, 11) is 0. The van der Waals surface area contributed by atoms with Gasteiger partial charge < -0.3 is 15.0 Å². The van der Waals surface area contributed by atoms with Gasteiger partial charge in [0, 0.05) is 17.7 Å². The number of rotatable bonds is 4. The summed E-state index contributed by atoms with van der Waals surface area (Å²) in [6.45, 7) is 6.23. The zero-order valence-corrected chi connectivity index (χ0v) is 10.9. The van der Waals surface area contributed by atoms with E-state index in [2.05, 4.69) is 5.16 Å². The maximum atomic E-state index is 5.94. The Kier molecular flexibility index (Phi) is 3.67. The molecule has 2 rings (SSSR count). The van der Waals surface area contributed by atoms with Gasteiger partial charge in [0.25, 0.3) is 0 Å². The van der Waals surface area contributed by atoms with Crippen molar-refractivity contribution >= 4 is 0 Å². The molecule has 1 unspecified atom stereocenters. The molecule has 1 heterocycles. The van der Waals surface area contributed by atoms with E-state index < -0.39 is 0 Å². The van der Waals surface area contributed by atoms with E-state index in [4.69, 9.17) is 15.0 Å². The van der Waals surface area contributed by atoms with Crippen LogP contribution in [0.5, 0.6) is 5.75 Å². The fourth-order valence-corrected chi connectivity index (χ4v) is 1.79. The average molecular weight is 246 g/mol. The van der Waals surface area contributed by atoms with Gasteiger partial charge in [-0.1, -0.05) is 22.9 Å². The molecule has 0 saturated heterocycles. The summed E-state index contributed by atoms with van der Waals surface area (Å²) < 4.78 is 10.7. The molecule has 4 nitrogen and oxygen atoms in total. The van der Waals surface area contributed by atoms with Gasteiger partial charge >= 0.3 is 0 Å². The molecule has 0 fully saturated rings. The largest absolute Gasteiger partial charge is 0.487 e. The lowest BCUT2D eigenvalue weighted by Gasteiger charge is -2.14. The van der Waals surface area contributed by atoms with Gasteiger partial charge in [0.15, 0.2) is 0 Å².